The van der Waals surface area contributed by atoms with Crippen molar-refractivity contribution in [1.29, 1.82) is 0 Å². The standard InChI is InChI=1S/C18H18ClNO/c19-14-9-7-13(8-10-14)18(12-5-6-12)20-16-11-21-17-4-2-1-3-15(16)17/h1-4,7-10,12,16,18,20H,5-6,11H2. The van der Waals surface area contributed by atoms with E-state index in [1.807, 2.05) is 24.3 Å². The van der Waals surface area contributed by atoms with Crippen LogP contribution < -0.4 is 10.1 Å². The summed E-state index contributed by atoms with van der Waals surface area (Å²) in [5.74, 6) is 1.75. The van der Waals surface area contributed by atoms with Crippen LogP contribution in [0.25, 0.3) is 0 Å². The predicted molar refractivity (Wildman–Crippen MR) is 84.7 cm³/mol. The van der Waals surface area contributed by atoms with Gasteiger partial charge in [0, 0.05) is 16.6 Å². The molecule has 0 saturated heterocycles. The third kappa shape index (κ3) is 2.66. The fourth-order valence-electron chi connectivity index (χ4n) is 3.12. The van der Waals surface area contributed by atoms with Crippen LogP contribution in [0.3, 0.4) is 0 Å². The first-order valence-electron chi connectivity index (χ1n) is 7.54. The quantitative estimate of drug-likeness (QED) is 0.896. The molecular formula is C18H18ClNO. The molecule has 1 aliphatic heterocycles. The smallest absolute Gasteiger partial charge is 0.124 e. The van der Waals surface area contributed by atoms with Gasteiger partial charge in [0.2, 0.25) is 0 Å². The van der Waals surface area contributed by atoms with E-state index in [9.17, 15) is 0 Å². The van der Waals surface area contributed by atoms with Crippen molar-refractivity contribution in [3.8, 4) is 5.75 Å². The number of rotatable bonds is 4. The summed E-state index contributed by atoms with van der Waals surface area (Å²) in [5.41, 5.74) is 2.60. The van der Waals surface area contributed by atoms with Gasteiger partial charge in [-0.05, 0) is 42.5 Å². The number of ether oxygens (including phenoxy) is 1. The minimum atomic E-state index is 0.280. The molecule has 0 amide bonds. The van der Waals surface area contributed by atoms with E-state index in [2.05, 4.69) is 29.6 Å². The summed E-state index contributed by atoms with van der Waals surface area (Å²) < 4.78 is 5.78. The predicted octanol–water partition coefficient (Wildman–Crippen LogP) is 4.51. The molecule has 0 aromatic heterocycles. The van der Waals surface area contributed by atoms with Crippen molar-refractivity contribution < 1.29 is 4.74 Å². The van der Waals surface area contributed by atoms with E-state index in [4.69, 9.17) is 16.3 Å². The van der Waals surface area contributed by atoms with Crippen molar-refractivity contribution in [3.63, 3.8) is 0 Å². The molecule has 1 saturated carbocycles. The second kappa shape index (κ2) is 5.36. The molecule has 2 aromatic carbocycles. The van der Waals surface area contributed by atoms with E-state index in [0.29, 0.717) is 6.04 Å². The monoisotopic (exact) mass is 299 g/mol. The van der Waals surface area contributed by atoms with Crippen LogP contribution in [0.1, 0.15) is 36.1 Å². The fraction of sp³-hybridized carbons (Fsp3) is 0.333. The van der Waals surface area contributed by atoms with Crippen LogP contribution in [0.4, 0.5) is 0 Å². The first-order chi connectivity index (χ1) is 10.3. The highest BCUT2D eigenvalue weighted by Gasteiger charge is 2.35. The maximum atomic E-state index is 6.01. The molecule has 2 aromatic rings. The van der Waals surface area contributed by atoms with Crippen LogP contribution in [0.15, 0.2) is 48.5 Å². The summed E-state index contributed by atoms with van der Waals surface area (Å²) in [7, 11) is 0. The van der Waals surface area contributed by atoms with E-state index in [1.54, 1.807) is 0 Å². The molecule has 1 heterocycles. The fourth-order valence-corrected chi connectivity index (χ4v) is 3.25. The molecule has 3 heteroatoms. The van der Waals surface area contributed by atoms with Gasteiger partial charge in [0.05, 0.1) is 6.04 Å². The Balaban J connectivity index is 1.58. The lowest BCUT2D eigenvalue weighted by Crippen LogP contribution is -2.28. The van der Waals surface area contributed by atoms with E-state index in [0.717, 1.165) is 23.3 Å². The van der Waals surface area contributed by atoms with Gasteiger partial charge in [-0.3, -0.25) is 5.32 Å². The SMILES string of the molecule is Clc1ccc(C(NC2COc3ccccc32)C2CC2)cc1. The number of nitrogens with one attached hydrogen (secondary N) is 1. The highest BCUT2D eigenvalue weighted by atomic mass is 35.5. The summed E-state index contributed by atoms with van der Waals surface area (Å²) in [6.07, 6.45) is 2.60. The van der Waals surface area contributed by atoms with Gasteiger partial charge in [-0.2, -0.15) is 0 Å². The number of benzene rings is 2. The van der Waals surface area contributed by atoms with Crippen LogP contribution in [-0.4, -0.2) is 6.61 Å². The number of para-hydroxylation sites is 1. The molecule has 1 N–H and O–H groups in total. The molecule has 4 rings (SSSR count). The minimum absolute atomic E-state index is 0.280. The van der Waals surface area contributed by atoms with Crippen molar-refractivity contribution in [1.82, 2.24) is 5.32 Å². The third-order valence-electron chi connectivity index (χ3n) is 4.40. The van der Waals surface area contributed by atoms with Gasteiger partial charge in [0.15, 0.2) is 0 Å². The van der Waals surface area contributed by atoms with E-state index >= 15 is 0 Å². The topological polar surface area (TPSA) is 21.3 Å². The van der Waals surface area contributed by atoms with Crippen LogP contribution in [-0.2, 0) is 0 Å². The number of hydrogen-bond acceptors (Lipinski definition) is 2. The van der Waals surface area contributed by atoms with E-state index < -0.39 is 0 Å². The lowest BCUT2D eigenvalue weighted by atomic mass is 9.99. The van der Waals surface area contributed by atoms with Gasteiger partial charge in [-0.25, -0.2) is 0 Å². The Kier molecular flexibility index (Phi) is 3.36. The van der Waals surface area contributed by atoms with Crippen LogP contribution in [0.2, 0.25) is 5.02 Å². The molecule has 1 aliphatic carbocycles. The van der Waals surface area contributed by atoms with E-state index in [1.165, 1.54) is 24.0 Å². The summed E-state index contributed by atoms with van der Waals surface area (Å²) in [5, 5.41) is 4.60. The Labute approximate surface area is 130 Å². The molecule has 2 nitrogen and oxygen atoms in total. The zero-order valence-corrected chi connectivity index (χ0v) is 12.5. The highest BCUT2D eigenvalue weighted by Crippen LogP contribution is 2.43. The zero-order valence-electron chi connectivity index (χ0n) is 11.8. The van der Waals surface area contributed by atoms with Crippen LogP contribution in [0, 0.1) is 5.92 Å². The second-order valence-electron chi connectivity index (χ2n) is 5.93. The second-order valence-corrected chi connectivity index (χ2v) is 6.37. The van der Waals surface area contributed by atoms with Crippen molar-refractivity contribution in [2.75, 3.05) is 6.61 Å². The molecule has 21 heavy (non-hydrogen) atoms. The maximum absolute atomic E-state index is 6.01. The van der Waals surface area contributed by atoms with Gasteiger partial charge >= 0.3 is 0 Å². The summed E-state index contributed by atoms with van der Waals surface area (Å²) in [6, 6.07) is 17.2. The van der Waals surface area contributed by atoms with Crippen molar-refractivity contribution in [3.05, 3.63) is 64.7 Å². The van der Waals surface area contributed by atoms with Crippen molar-refractivity contribution >= 4 is 11.6 Å². The molecule has 2 unspecified atom stereocenters. The molecular weight excluding hydrogens is 282 g/mol. The molecule has 2 atom stereocenters. The molecule has 1 fully saturated rings. The van der Waals surface area contributed by atoms with E-state index in [-0.39, 0.29) is 6.04 Å². The highest BCUT2D eigenvalue weighted by molar-refractivity contribution is 6.30. The Hall–Kier alpha value is -1.51. The third-order valence-corrected chi connectivity index (χ3v) is 4.66. The largest absolute Gasteiger partial charge is 0.491 e. The van der Waals surface area contributed by atoms with Crippen molar-refractivity contribution in [2.45, 2.75) is 24.9 Å². The first kappa shape index (κ1) is 13.2. The summed E-state index contributed by atoms with van der Waals surface area (Å²) in [4.78, 5) is 0. The van der Waals surface area contributed by atoms with Crippen LogP contribution >= 0.6 is 11.6 Å². The average Bonchev–Trinajstić information content (AvgIpc) is 3.27. The lowest BCUT2D eigenvalue weighted by Gasteiger charge is -2.23. The van der Waals surface area contributed by atoms with Crippen LogP contribution in [0.5, 0.6) is 5.75 Å². The normalized spacial score (nSPS) is 21.7. The first-order valence-corrected chi connectivity index (χ1v) is 7.92. The molecule has 0 spiro atoms. The Morgan fingerprint density at radius 1 is 1.05 bits per heavy atom. The number of fused-ring (bicyclic) bond motifs is 1. The van der Waals surface area contributed by atoms with Crippen molar-refractivity contribution in [2.24, 2.45) is 5.92 Å². The number of halogens is 1. The van der Waals surface area contributed by atoms with Gasteiger partial charge < -0.3 is 4.74 Å². The summed E-state index contributed by atoms with van der Waals surface area (Å²) >= 11 is 6.01. The van der Waals surface area contributed by atoms with Gasteiger partial charge in [0.1, 0.15) is 12.4 Å². The molecule has 0 bridgehead atoms. The lowest BCUT2D eigenvalue weighted by molar-refractivity contribution is 0.291. The van der Waals surface area contributed by atoms with Gasteiger partial charge in [-0.15, -0.1) is 0 Å². The number of hydrogen-bond donors (Lipinski definition) is 1. The minimum Gasteiger partial charge on any atom is -0.491 e. The van der Waals surface area contributed by atoms with Gasteiger partial charge in [-0.1, -0.05) is 41.9 Å². The summed E-state index contributed by atoms with van der Waals surface area (Å²) in [6.45, 7) is 0.718. The Bertz CT molecular complexity index is 636. The maximum Gasteiger partial charge on any atom is 0.124 e. The average molecular weight is 300 g/mol. The van der Waals surface area contributed by atoms with Gasteiger partial charge in [0.25, 0.3) is 0 Å². The molecule has 108 valence electrons. The zero-order chi connectivity index (χ0) is 14.2. The molecule has 0 radical (unpaired) electrons. The molecule has 2 aliphatic rings. The Morgan fingerprint density at radius 3 is 2.57 bits per heavy atom. The Morgan fingerprint density at radius 2 is 1.81 bits per heavy atom.